The molecule has 0 saturated carbocycles. The van der Waals surface area contributed by atoms with Gasteiger partial charge in [0.25, 0.3) is 11.7 Å². The maximum absolute atomic E-state index is 12.1. The van der Waals surface area contributed by atoms with E-state index in [9.17, 15) is 9.59 Å². The zero-order valence-corrected chi connectivity index (χ0v) is 9.70. The number of carboxylic acid groups (broad SMARTS) is 1. The van der Waals surface area contributed by atoms with Crippen LogP contribution >= 0.6 is 0 Å². The second-order valence-electron chi connectivity index (χ2n) is 4.09. The number of aromatic amines is 1. The molecule has 8 nitrogen and oxygen atoms in total. The van der Waals surface area contributed by atoms with Gasteiger partial charge < -0.3 is 10.0 Å². The molecule has 0 saturated heterocycles. The quantitative estimate of drug-likeness (QED) is 0.791. The van der Waals surface area contributed by atoms with Gasteiger partial charge in [-0.2, -0.15) is 5.21 Å². The van der Waals surface area contributed by atoms with Crippen LogP contribution in [0.4, 0.5) is 5.69 Å². The van der Waals surface area contributed by atoms with Crippen molar-refractivity contribution in [1.82, 2.24) is 20.6 Å². The number of fused-ring (bicyclic) bond motifs is 1. The van der Waals surface area contributed by atoms with E-state index in [-0.39, 0.29) is 11.4 Å². The zero-order chi connectivity index (χ0) is 13.4. The predicted molar refractivity (Wildman–Crippen MR) is 63.0 cm³/mol. The number of rotatable bonds is 2. The fourth-order valence-electron chi connectivity index (χ4n) is 2.10. The summed E-state index contributed by atoms with van der Waals surface area (Å²) in [6.45, 7) is 0.478. The molecule has 1 amide bonds. The predicted octanol–water partition coefficient (Wildman–Crippen LogP) is 0.101. The lowest BCUT2D eigenvalue weighted by Gasteiger charge is -2.15. The first-order valence-corrected chi connectivity index (χ1v) is 5.58. The standard InChI is InChI=1S/C11H9N5O3/c17-10(9-12-14-15-13-9)16-4-3-6-1-2-7(11(18)19)5-8(6)16/h1-2,5H,3-4H2,(H,18,19)(H,12,13,14,15). The first-order chi connectivity index (χ1) is 9.16. The molecule has 2 N–H and O–H groups in total. The molecule has 2 aromatic rings. The number of aromatic carboxylic acids is 1. The van der Waals surface area contributed by atoms with Gasteiger partial charge >= 0.3 is 5.97 Å². The van der Waals surface area contributed by atoms with Crippen LogP contribution < -0.4 is 4.90 Å². The summed E-state index contributed by atoms with van der Waals surface area (Å²) in [5, 5.41) is 21.8. The molecule has 0 bridgehead atoms. The number of H-pyrrole nitrogens is 1. The third-order valence-corrected chi connectivity index (χ3v) is 3.01. The van der Waals surface area contributed by atoms with E-state index < -0.39 is 11.9 Å². The molecule has 1 aliphatic rings. The van der Waals surface area contributed by atoms with Crippen LogP contribution in [-0.4, -0.2) is 44.2 Å². The molecule has 0 fully saturated rings. The summed E-state index contributed by atoms with van der Waals surface area (Å²) in [5.74, 6) is -1.45. The van der Waals surface area contributed by atoms with Crippen molar-refractivity contribution in [3.05, 3.63) is 35.2 Å². The number of tetrazole rings is 1. The molecule has 3 rings (SSSR count). The Morgan fingerprint density at radius 3 is 2.89 bits per heavy atom. The summed E-state index contributed by atoms with van der Waals surface area (Å²) in [6, 6.07) is 4.74. The molecule has 8 heteroatoms. The molecule has 0 atom stereocenters. The average molecular weight is 259 g/mol. The second kappa shape index (κ2) is 4.16. The minimum Gasteiger partial charge on any atom is -0.478 e. The summed E-state index contributed by atoms with van der Waals surface area (Å²) in [6.07, 6.45) is 0.679. The zero-order valence-electron chi connectivity index (χ0n) is 9.70. The summed E-state index contributed by atoms with van der Waals surface area (Å²) in [5.41, 5.74) is 1.67. The lowest BCUT2D eigenvalue weighted by Crippen LogP contribution is -2.30. The molecule has 1 aromatic carbocycles. The van der Waals surface area contributed by atoms with E-state index in [4.69, 9.17) is 5.11 Å². The minimum atomic E-state index is -1.03. The van der Waals surface area contributed by atoms with Crippen LogP contribution in [-0.2, 0) is 6.42 Å². The molecule has 0 radical (unpaired) electrons. The highest BCUT2D eigenvalue weighted by Gasteiger charge is 2.28. The van der Waals surface area contributed by atoms with Gasteiger partial charge in [0.1, 0.15) is 0 Å². The van der Waals surface area contributed by atoms with Crippen molar-refractivity contribution in [3.8, 4) is 0 Å². The van der Waals surface area contributed by atoms with Gasteiger partial charge in [-0.05, 0) is 29.3 Å². The van der Waals surface area contributed by atoms with Gasteiger partial charge in [-0.3, -0.25) is 4.79 Å². The number of carbonyl (C=O) groups is 2. The Morgan fingerprint density at radius 1 is 1.37 bits per heavy atom. The molecule has 1 aliphatic heterocycles. The van der Waals surface area contributed by atoms with E-state index >= 15 is 0 Å². The Kier molecular flexibility index (Phi) is 2.48. The second-order valence-corrected chi connectivity index (χ2v) is 4.09. The molecule has 96 valence electrons. The van der Waals surface area contributed by atoms with Gasteiger partial charge in [0.2, 0.25) is 0 Å². The molecule has 19 heavy (non-hydrogen) atoms. The Bertz CT molecular complexity index is 652. The monoisotopic (exact) mass is 259 g/mol. The number of amides is 1. The third kappa shape index (κ3) is 1.82. The number of benzene rings is 1. The van der Waals surface area contributed by atoms with Crippen molar-refractivity contribution < 1.29 is 14.7 Å². The third-order valence-electron chi connectivity index (χ3n) is 3.01. The van der Waals surface area contributed by atoms with Crippen molar-refractivity contribution >= 4 is 17.6 Å². The van der Waals surface area contributed by atoms with E-state index in [1.54, 1.807) is 6.07 Å². The van der Waals surface area contributed by atoms with Gasteiger partial charge in [-0.15, -0.1) is 10.2 Å². The molecule has 0 aliphatic carbocycles. The van der Waals surface area contributed by atoms with E-state index in [2.05, 4.69) is 20.6 Å². The molecule has 0 unspecified atom stereocenters. The fourth-order valence-corrected chi connectivity index (χ4v) is 2.10. The van der Waals surface area contributed by atoms with Crippen LogP contribution in [0, 0.1) is 0 Å². The maximum Gasteiger partial charge on any atom is 0.335 e. The number of nitrogens with zero attached hydrogens (tertiary/aromatic N) is 4. The number of nitrogens with one attached hydrogen (secondary N) is 1. The Balaban J connectivity index is 1.99. The number of hydrogen-bond acceptors (Lipinski definition) is 5. The Hall–Kier alpha value is -2.77. The highest BCUT2D eigenvalue weighted by atomic mass is 16.4. The van der Waals surface area contributed by atoms with E-state index in [0.717, 1.165) is 5.56 Å². The molecule has 2 heterocycles. The fraction of sp³-hybridized carbons (Fsp3) is 0.182. The van der Waals surface area contributed by atoms with Crippen molar-refractivity contribution in [3.63, 3.8) is 0 Å². The van der Waals surface area contributed by atoms with Crippen molar-refractivity contribution in [2.45, 2.75) is 6.42 Å². The number of hydrogen-bond donors (Lipinski definition) is 2. The minimum absolute atomic E-state index is 0.0337. The van der Waals surface area contributed by atoms with Crippen LogP contribution in [0.15, 0.2) is 18.2 Å². The Labute approximate surface area is 107 Å². The number of carbonyl (C=O) groups excluding carboxylic acids is 1. The summed E-state index contributed by atoms with van der Waals surface area (Å²) in [4.78, 5) is 24.6. The first-order valence-electron chi connectivity index (χ1n) is 5.58. The van der Waals surface area contributed by atoms with Crippen LogP contribution in [0.2, 0.25) is 0 Å². The highest BCUT2D eigenvalue weighted by Crippen LogP contribution is 2.29. The lowest BCUT2D eigenvalue weighted by atomic mass is 10.1. The maximum atomic E-state index is 12.1. The van der Waals surface area contributed by atoms with Crippen LogP contribution in [0.5, 0.6) is 0 Å². The van der Waals surface area contributed by atoms with Crippen LogP contribution in [0.3, 0.4) is 0 Å². The van der Waals surface area contributed by atoms with Gasteiger partial charge in [0, 0.05) is 12.2 Å². The van der Waals surface area contributed by atoms with E-state index in [1.165, 1.54) is 17.0 Å². The average Bonchev–Trinajstić information content (AvgIpc) is 3.06. The topological polar surface area (TPSA) is 112 Å². The van der Waals surface area contributed by atoms with Crippen molar-refractivity contribution in [1.29, 1.82) is 0 Å². The molecule has 0 spiro atoms. The smallest absolute Gasteiger partial charge is 0.335 e. The Morgan fingerprint density at radius 2 is 2.21 bits per heavy atom. The normalized spacial score (nSPS) is 13.4. The lowest BCUT2D eigenvalue weighted by molar-refractivity contribution is 0.0696. The SMILES string of the molecule is O=C(O)c1ccc2c(c1)N(C(=O)c1nn[nH]n1)CC2. The molecular formula is C11H9N5O3. The number of carboxylic acids is 1. The first kappa shape index (κ1) is 11.3. The van der Waals surface area contributed by atoms with Crippen LogP contribution in [0.25, 0.3) is 0 Å². The van der Waals surface area contributed by atoms with Crippen LogP contribution in [0.1, 0.15) is 26.5 Å². The highest BCUT2D eigenvalue weighted by molar-refractivity contribution is 6.05. The van der Waals surface area contributed by atoms with Gasteiger partial charge in [-0.1, -0.05) is 6.07 Å². The van der Waals surface area contributed by atoms with Gasteiger partial charge in [-0.25, -0.2) is 4.79 Å². The van der Waals surface area contributed by atoms with Gasteiger partial charge in [0.15, 0.2) is 0 Å². The summed E-state index contributed by atoms with van der Waals surface area (Å²) < 4.78 is 0. The summed E-state index contributed by atoms with van der Waals surface area (Å²) in [7, 11) is 0. The van der Waals surface area contributed by atoms with Crippen molar-refractivity contribution in [2.24, 2.45) is 0 Å². The van der Waals surface area contributed by atoms with Crippen molar-refractivity contribution in [2.75, 3.05) is 11.4 Å². The molecule has 1 aromatic heterocycles. The summed E-state index contributed by atoms with van der Waals surface area (Å²) >= 11 is 0. The molecular weight excluding hydrogens is 250 g/mol. The number of aromatic nitrogens is 4. The van der Waals surface area contributed by atoms with Gasteiger partial charge in [0.05, 0.1) is 5.56 Å². The van der Waals surface area contributed by atoms with E-state index in [1.807, 2.05) is 0 Å². The largest absolute Gasteiger partial charge is 0.478 e. The van der Waals surface area contributed by atoms with E-state index in [0.29, 0.717) is 18.7 Å². The number of anilines is 1.